The second-order valence-electron chi connectivity index (χ2n) is 2.68. The maximum absolute atomic E-state index is 10.5. The number of nitrogens with zero attached hydrogens (tertiary/aromatic N) is 1. The average molecular weight is 200 g/mol. The number of hydrogen-bond donors (Lipinski definition) is 2. The first-order valence-electron chi connectivity index (χ1n) is 3.75. The molecule has 0 bridgehead atoms. The Morgan fingerprint density at radius 1 is 1.62 bits per heavy atom. The molecule has 1 unspecified atom stereocenters. The quantitative estimate of drug-likeness (QED) is 0.749. The third-order valence-electron chi connectivity index (χ3n) is 1.55. The summed E-state index contributed by atoms with van der Waals surface area (Å²) in [6, 6.07) is 2.90. The zero-order valence-corrected chi connectivity index (χ0v) is 7.66. The molecule has 0 aromatic carbocycles. The molecule has 0 saturated carbocycles. The lowest BCUT2D eigenvalue weighted by atomic mass is 10.1. The van der Waals surface area contributed by atoms with Crippen LogP contribution in [0.5, 0.6) is 0 Å². The largest absolute Gasteiger partial charge is 0.370 e. The van der Waals surface area contributed by atoms with Crippen LogP contribution in [0.25, 0.3) is 0 Å². The van der Waals surface area contributed by atoms with Gasteiger partial charge in [0, 0.05) is 12.6 Å². The molecule has 1 heterocycles. The molecular weight excluding hydrogens is 190 g/mol. The minimum Gasteiger partial charge on any atom is -0.370 e. The van der Waals surface area contributed by atoms with Crippen molar-refractivity contribution in [3.8, 4) is 0 Å². The van der Waals surface area contributed by atoms with Crippen LogP contribution in [-0.4, -0.2) is 10.9 Å². The topological polar surface area (TPSA) is 82.0 Å². The lowest BCUT2D eigenvalue weighted by Gasteiger charge is -2.07. The molecule has 1 rings (SSSR count). The van der Waals surface area contributed by atoms with Crippen LogP contribution in [0.15, 0.2) is 18.3 Å². The van der Waals surface area contributed by atoms with E-state index in [4.69, 9.17) is 23.1 Å². The number of aromatic nitrogens is 1. The van der Waals surface area contributed by atoms with Crippen molar-refractivity contribution in [1.29, 1.82) is 0 Å². The Kier molecular flexibility index (Phi) is 3.22. The first-order chi connectivity index (χ1) is 6.09. The molecule has 0 radical (unpaired) electrons. The van der Waals surface area contributed by atoms with E-state index in [1.807, 2.05) is 0 Å². The number of pyridine rings is 1. The van der Waals surface area contributed by atoms with Gasteiger partial charge in [0.25, 0.3) is 0 Å². The van der Waals surface area contributed by atoms with Crippen molar-refractivity contribution in [2.24, 2.45) is 11.5 Å². The molecule has 4 nitrogen and oxygen atoms in total. The Labute approximate surface area is 80.9 Å². The van der Waals surface area contributed by atoms with Gasteiger partial charge in [-0.15, -0.1) is 0 Å². The van der Waals surface area contributed by atoms with Gasteiger partial charge in [0.1, 0.15) is 0 Å². The van der Waals surface area contributed by atoms with Crippen molar-refractivity contribution < 1.29 is 4.79 Å². The second-order valence-corrected chi connectivity index (χ2v) is 3.11. The van der Waals surface area contributed by atoms with Crippen LogP contribution in [0.4, 0.5) is 0 Å². The second kappa shape index (κ2) is 4.20. The van der Waals surface area contributed by atoms with Gasteiger partial charge in [-0.05, 0) is 12.1 Å². The summed E-state index contributed by atoms with van der Waals surface area (Å²) in [7, 11) is 0. The highest BCUT2D eigenvalue weighted by atomic mass is 35.5. The van der Waals surface area contributed by atoms with E-state index in [-0.39, 0.29) is 6.42 Å². The molecule has 1 aromatic rings. The van der Waals surface area contributed by atoms with Gasteiger partial charge in [0.05, 0.1) is 16.8 Å². The van der Waals surface area contributed by atoms with Gasteiger partial charge in [-0.25, -0.2) is 0 Å². The summed E-state index contributed by atoms with van der Waals surface area (Å²) in [4.78, 5) is 14.5. The van der Waals surface area contributed by atoms with E-state index >= 15 is 0 Å². The highest BCUT2D eigenvalue weighted by molar-refractivity contribution is 6.30. The number of primary amides is 1. The normalized spacial score (nSPS) is 12.5. The van der Waals surface area contributed by atoms with E-state index < -0.39 is 11.9 Å². The van der Waals surface area contributed by atoms with Crippen LogP contribution >= 0.6 is 11.6 Å². The van der Waals surface area contributed by atoms with Crippen LogP contribution in [-0.2, 0) is 4.79 Å². The number of carbonyl (C=O) groups excluding carboxylic acids is 1. The van der Waals surface area contributed by atoms with E-state index in [1.165, 1.54) is 6.20 Å². The van der Waals surface area contributed by atoms with E-state index in [1.54, 1.807) is 12.1 Å². The Balaban J connectivity index is 2.71. The lowest BCUT2D eigenvalue weighted by Crippen LogP contribution is -2.21. The highest BCUT2D eigenvalue weighted by Crippen LogP contribution is 2.13. The van der Waals surface area contributed by atoms with E-state index in [2.05, 4.69) is 4.98 Å². The summed E-state index contributed by atoms with van der Waals surface area (Å²) in [5.74, 6) is -0.441. The van der Waals surface area contributed by atoms with Crippen molar-refractivity contribution in [2.45, 2.75) is 12.5 Å². The van der Waals surface area contributed by atoms with Crippen LogP contribution in [0.3, 0.4) is 0 Å². The van der Waals surface area contributed by atoms with Gasteiger partial charge in [-0.1, -0.05) is 11.6 Å². The van der Waals surface area contributed by atoms with Crippen molar-refractivity contribution >= 4 is 17.5 Å². The standard InChI is InChI=1S/C8H10ClN3O/c9-5-1-2-7(12-4-5)6(10)3-8(11)13/h1-2,4,6H,3,10H2,(H2,11,13). The molecule has 1 aromatic heterocycles. The van der Waals surface area contributed by atoms with Crippen LogP contribution in [0.1, 0.15) is 18.2 Å². The molecule has 0 aliphatic heterocycles. The maximum Gasteiger partial charge on any atom is 0.219 e. The van der Waals surface area contributed by atoms with Crippen molar-refractivity contribution in [3.05, 3.63) is 29.0 Å². The Morgan fingerprint density at radius 2 is 2.31 bits per heavy atom. The average Bonchev–Trinajstić information content (AvgIpc) is 2.04. The number of amides is 1. The minimum absolute atomic E-state index is 0.0919. The van der Waals surface area contributed by atoms with Crippen molar-refractivity contribution in [3.63, 3.8) is 0 Å². The van der Waals surface area contributed by atoms with Gasteiger partial charge in [0.15, 0.2) is 0 Å². The molecule has 5 heteroatoms. The lowest BCUT2D eigenvalue weighted by molar-refractivity contribution is -0.118. The molecule has 0 fully saturated rings. The van der Waals surface area contributed by atoms with Gasteiger partial charge >= 0.3 is 0 Å². The summed E-state index contributed by atoms with van der Waals surface area (Å²) < 4.78 is 0. The molecule has 0 spiro atoms. The molecule has 1 amide bonds. The van der Waals surface area contributed by atoms with Crippen molar-refractivity contribution in [1.82, 2.24) is 4.98 Å². The summed E-state index contributed by atoms with van der Waals surface area (Å²) in [6.45, 7) is 0. The summed E-state index contributed by atoms with van der Waals surface area (Å²) >= 11 is 5.63. The van der Waals surface area contributed by atoms with Gasteiger partial charge in [-0.2, -0.15) is 0 Å². The third kappa shape index (κ3) is 3.01. The fraction of sp³-hybridized carbons (Fsp3) is 0.250. The smallest absolute Gasteiger partial charge is 0.219 e. The van der Waals surface area contributed by atoms with Gasteiger partial charge in [-0.3, -0.25) is 9.78 Å². The van der Waals surface area contributed by atoms with Crippen LogP contribution < -0.4 is 11.5 Å². The van der Waals surface area contributed by atoms with Crippen LogP contribution in [0.2, 0.25) is 5.02 Å². The monoisotopic (exact) mass is 199 g/mol. The number of carbonyl (C=O) groups is 1. The Hall–Kier alpha value is -1.13. The summed E-state index contributed by atoms with van der Waals surface area (Å²) in [5.41, 5.74) is 11.2. The summed E-state index contributed by atoms with van der Waals surface area (Å²) in [5, 5.41) is 0.537. The molecule has 13 heavy (non-hydrogen) atoms. The number of nitrogens with two attached hydrogens (primary N) is 2. The first-order valence-corrected chi connectivity index (χ1v) is 4.12. The Bertz CT molecular complexity index is 299. The zero-order valence-electron chi connectivity index (χ0n) is 6.90. The SMILES string of the molecule is NC(=O)CC(N)c1ccc(Cl)cn1. The molecule has 70 valence electrons. The predicted octanol–water partition coefficient (Wildman–Crippen LogP) is 0.610. The minimum atomic E-state index is -0.449. The molecule has 0 saturated heterocycles. The highest BCUT2D eigenvalue weighted by Gasteiger charge is 2.09. The fourth-order valence-electron chi connectivity index (χ4n) is 0.928. The van der Waals surface area contributed by atoms with E-state index in [0.29, 0.717) is 10.7 Å². The van der Waals surface area contributed by atoms with Crippen molar-refractivity contribution in [2.75, 3.05) is 0 Å². The molecule has 0 aliphatic carbocycles. The summed E-state index contributed by atoms with van der Waals surface area (Å²) in [6.07, 6.45) is 1.58. The molecule has 1 atom stereocenters. The third-order valence-corrected chi connectivity index (χ3v) is 1.77. The predicted molar refractivity (Wildman–Crippen MR) is 50.0 cm³/mol. The maximum atomic E-state index is 10.5. The van der Waals surface area contributed by atoms with E-state index in [9.17, 15) is 4.79 Å². The number of rotatable bonds is 3. The Morgan fingerprint density at radius 3 is 2.77 bits per heavy atom. The molecular formula is C8H10ClN3O. The van der Waals surface area contributed by atoms with E-state index in [0.717, 1.165) is 0 Å². The fourth-order valence-corrected chi connectivity index (χ4v) is 1.04. The zero-order chi connectivity index (χ0) is 9.84. The number of halogens is 1. The molecule has 4 N–H and O–H groups in total. The number of hydrogen-bond acceptors (Lipinski definition) is 3. The van der Waals surface area contributed by atoms with Gasteiger partial charge < -0.3 is 11.5 Å². The van der Waals surface area contributed by atoms with Crippen LogP contribution in [0, 0.1) is 0 Å². The molecule has 0 aliphatic rings. The van der Waals surface area contributed by atoms with Gasteiger partial charge in [0.2, 0.25) is 5.91 Å². The first kappa shape index (κ1) is 9.95.